The average Bonchev–Trinajstić information content (AvgIpc) is 2.87. The molecule has 0 aromatic carbocycles. The Balaban J connectivity index is 1.78. The molecule has 1 aliphatic rings. The summed E-state index contributed by atoms with van der Waals surface area (Å²) in [7, 11) is 1.85. The van der Waals surface area contributed by atoms with Crippen LogP contribution in [0.25, 0.3) is 0 Å². The Kier molecular flexibility index (Phi) is 2.31. The summed E-state index contributed by atoms with van der Waals surface area (Å²) >= 11 is 0. The van der Waals surface area contributed by atoms with Crippen LogP contribution >= 0.6 is 0 Å². The Morgan fingerprint density at radius 2 is 2.46 bits per heavy atom. The molecule has 1 atom stereocenters. The van der Waals surface area contributed by atoms with Gasteiger partial charge in [0, 0.05) is 13.2 Å². The number of hydrogen-bond donors (Lipinski definition) is 1. The maximum Gasteiger partial charge on any atom is 0.0828 e. The minimum absolute atomic E-state index is 0.123. The summed E-state index contributed by atoms with van der Waals surface area (Å²) in [6.45, 7) is 0. The van der Waals surface area contributed by atoms with Crippen molar-refractivity contribution in [3.05, 3.63) is 11.9 Å². The number of aliphatic hydroxyl groups is 1. The second-order valence-electron chi connectivity index (χ2n) is 3.83. The highest BCUT2D eigenvalue weighted by atomic mass is 16.3. The highest BCUT2D eigenvalue weighted by molar-refractivity contribution is 4.93. The second-order valence-corrected chi connectivity index (χ2v) is 3.83. The molecule has 1 fully saturated rings. The fraction of sp³-hybridized carbons (Fsp3) is 0.778. The van der Waals surface area contributed by atoms with Gasteiger partial charge in [0.15, 0.2) is 0 Å². The summed E-state index contributed by atoms with van der Waals surface area (Å²) in [5.74, 6) is 0.566. The van der Waals surface area contributed by atoms with Crippen LogP contribution in [0.2, 0.25) is 0 Å². The van der Waals surface area contributed by atoms with Crippen molar-refractivity contribution in [2.75, 3.05) is 0 Å². The van der Waals surface area contributed by atoms with Crippen molar-refractivity contribution in [3.63, 3.8) is 0 Å². The largest absolute Gasteiger partial charge is 0.393 e. The summed E-state index contributed by atoms with van der Waals surface area (Å²) in [6.07, 6.45) is 5.83. The lowest BCUT2D eigenvalue weighted by atomic mass is 10.1. The lowest BCUT2D eigenvalue weighted by molar-refractivity contribution is 0.141. The predicted molar refractivity (Wildman–Crippen MR) is 48.1 cm³/mol. The van der Waals surface area contributed by atoms with Gasteiger partial charge in [0.1, 0.15) is 0 Å². The van der Waals surface area contributed by atoms with E-state index in [0.717, 1.165) is 18.5 Å². The standard InChI is InChI=1S/C9H15N3O/c1-12-6-8(10-11-12)4-5-9(13)7-2-3-7/h6-7,9,13H,2-5H2,1H3. The first kappa shape index (κ1) is 8.69. The minimum Gasteiger partial charge on any atom is -0.393 e. The average molecular weight is 181 g/mol. The van der Waals surface area contributed by atoms with Crippen LogP contribution in [0.5, 0.6) is 0 Å². The number of nitrogens with zero attached hydrogens (tertiary/aromatic N) is 3. The smallest absolute Gasteiger partial charge is 0.0828 e. The zero-order chi connectivity index (χ0) is 9.26. The monoisotopic (exact) mass is 181 g/mol. The van der Waals surface area contributed by atoms with Crippen molar-refractivity contribution in [1.82, 2.24) is 15.0 Å². The maximum absolute atomic E-state index is 9.60. The van der Waals surface area contributed by atoms with Crippen molar-refractivity contribution in [2.45, 2.75) is 31.8 Å². The van der Waals surface area contributed by atoms with E-state index in [1.807, 2.05) is 13.2 Å². The van der Waals surface area contributed by atoms with Gasteiger partial charge in [-0.25, -0.2) is 0 Å². The molecule has 1 aromatic heterocycles. The molecule has 1 saturated carbocycles. The number of aliphatic hydroxyl groups excluding tert-OH is 1. The fourth-order valence-corrected chi connectivity index (χ4v) is 1.52. The van der Waals surface area contributed by atoms with Crippen molar-refractivity contribution in [2.24, 2.45) is 13.0 Å². The molecule has 1 heterocycles. The summed E-state index contributed by atoms with van der Waals surface area (Å²) in [5.41, 5.74) is 0.974. The molecule has 4 nitrogen and oxygen atoms in total. The minimum atomic E-state index is -0.123. The Bertz CT molecular complexity index is 280. The van der Waals surface area contributed by atoms with Gasteiger partial charge in [-0.3, -0.25) is 4.68 Å². The van der Waals surface area contributed by atoms with Crippen molar-refractivity contribution >= 4 is 0 Å². The molecule has 4 heteroatoms. The van der Waals surface area contributed by atoms with Gasteiger partial charge in [-0.2, -0.15) is 0 Å². The van der Waals surface area contributed by atoms with Gasteiger partial charge < -0.3 is 5.11 Å². The van der Waals surface area contributed by atoms with E-state index in [1.165, 1.54) is 12.8 Å². The molecule has 1 N–H and O–H groups in total. The molecule has 0 bridgehead atoms. The van der Waals surface area contributed by atoms with Crippen LogP contribution in [-0.2, 0) is 13.5 Å². The van der Waals surface area contributed by atoms with E-state index in [2.05, 4.69) is 10.3 Å². The number of aromatic nitrogens is 3. The molecule has 0 aliphatic heterocycles. The molecule has 1 unspecified atom stereocenters. The van der Waals surface area contributed by atoms with Crippen LogP contribution in [0.15, 0.2) is 6.20 Å². The van der Waals surface area contributed by atoms with E-state index >= 15 is 0 Å². The molecule has 0 amide bonds. The molecule has 0 saturated heterocycles. The zero-order valence-corrected chi connectivity index (χ0v) is 7.85. The topological polar surface area (TPSA) is 50.9 Å². The van der Waals surface area contributed by atoms with E-state index in [0.29, 0.717) is 5.92 Å². The van der Waals surface area contributed by atoms with Crippen LogP contribution in [-0.4, -0.2) is 26.2 Å². The highest BCUT2D eigenvalue weighted by Gasteiger charge is 2.29. The molecular formula is C9H15N3O. The van der Waals surface area contributed by atoms with E-state index in [4.69, 9.17) is 0 Å². The van der Waals surface area contributed by atoms with Crippen molar-refractivity contribution in [3.8, 4) is 0 Å². The van der Waals surface area contributed by atoms with Gasteiger partial charge in [-0.15, -0.1) is 5.10 Å². The van der Waals surface area contributed by atoms with E-state index in [9.17, 15) is 5.11 Å². The first-order valence-corrected chi connectivity index (χ1v) is 4.79. The molecule has 0 radical (unpaired) electrons. The third-order valence-corrected chi connectivity index (χ3v) is 2.51. The van der Waals surface area contributed by atoms with E-state index < -0.39 is 0 Å². The summed E-state index contributed by atoms with van der Waals surface area (Å²) in [4.78, 5) is 0. The van der Waals surface area contributed by atoms with E-state index in [-0.39, 0.29) is 6.10 Å². The molecule has 0 spiro atoms. The van der Waals surface area contributed by atoms with Crippen LogP contribution in [0.3, 0.4) is 0 Å². The molecule has 1 aliphatic carbocycles. The van der Waals surface area contributed by atoms with Crippen LogP contribution in [0, 0.1) is 5.92 Å². The van der Waals surface area contributed by atoms with Gasteiger partial charge >= 0.3 is 0 Å². The van der Waals surface area contributed by atoms with Crippen LogP contribution in [0.4, 0.5) is 0 Å². The normalized spacial score (nSPS) is 18.9. The quantitative estimate of drug-likeness (QED) is 0.736. The van der Waals surface area contributed by atoms with Gasteiger partial charge in [0.05, 0.1) is 11.8 Å². The summed E-state index contributed by atoms with van der Waals surface area (Å²) in [5, 5.41) is 17.4. The predicted octanol–water partition coefficient (Wildman–Crippen LogP) is 0.519. The first-order chi connectivity index (χ1) is 6.25. The molecule has 1 aromatic rings. The third-order valence-electron chi connectivity index (χ3n) is 2.51. The number of rotatable bonds is 4. The lowest BCUT2D eigenvalue weighted by Gasteiger charge is -2.05. The SMILES string of the molecule is Cn1cc(CCC(O)C2CC2)nn1. The summed E-state index contributed by atoms with van der Waals surface area (Å²) < 4.78 is 1.69. The van der Waals surface area contributed by atoms with Crippen molar-refractivity contribution in [1.29, 1.82) is 0 Å². The number of hydrogen-bond acceptors (Lipinski definition) is 3. The van der Waals surface area contributed by atoms with Gasteiger partial charge in [-0.05, 0) is 31.6 Å². The fourth-order valence-electron chi connectivity index (χ4n) is 1.52. The van der Waals surface area contributed by atoms with E-state index in [1.54, 1.807) is 4.68 Å². The number of aryl methyl sites for hydroxylation is 2. The molecule has 2 rings (SSSR count). The Morgan fingerprint density at radius 3 is 3.00 bits per heavy atom. The zero-order valence-electron chi connectivity index (χ0n) is 7.85. The lowest BCUT2D eigenvalue weighted by Crippen LogP contribution is -2.10. The molecular weight excluding hydrogens is 166 g/mol. The molecule has 13 heavy (non-hydrogen) atoms. The first-order valence-electron chi connectivity index (χ1n) is 4.79. The van der Waals surface area contributed by atoms with Gasteiger partial charge in [-0.1, -0.05) is 5.21 Å². The molecule has 72 valence electrons. The van der Waals surface area contributed by atoms with Crippen LogP contribution < -0.4 is 0 Å². The summed E-state index contributed by atoms with van der Waals surface area (Å²) in [6, 6.07) is 0. The Labute approximate surface area is 77.6 Å². The van der Waals surface area contributed by atoms with Crippen LogP contribution in [0.1, 0.15) is 25.0 Å². The highest BCUT2D eigenvalue weighted by Crippen LogP contribution is 2.34. The van der Waals surface area contributed by atoms with Crippen molar-refractivity contribution < 1.29 is 5.11 Å². The Hall–Kier alpha value is -0.900. The third kappa shape index (κ3) is 2.28. The second kappa shape index (κ2) is 3.46. The van der Waals surface area contributed by atoms with Gasteiger partial charge in [0.25, 0.3) is 0 Å². The maximum atomic E-state index is 9.60. The Morgan fingerprint density at radius 1 is 1.69 bits per heavy atom. The van der Waals surface area contributed by atoms with Gasteiger partial charge in [0.2, 0.25) is 0 Å².